The quantitative estimate of drug-likeness (QED) is 0.798. The van der Waals surface area contributed by atoms with E-state index in [1.165, 1.54) is 6.07 Å². The summed E-state index contributed by atoms with van der Waals surface area (Å²) >= 11 is 8.46. The van der Waals surface area contributed by atoms with Crippen LogP contribution in [-0.4, -0.2) is 10.7 Å². The minimum absolute atomic E-state index is 0.195. The maximum atomic E-state index is 13.8. The van der Waals surface area contributed by atoms with Crippen molar-refractivity contribution in [3.05, 3.63) is 40.8 Å². The molecular formula is C12H12BrFN2S. The van der Waals surface area contributed by atoms with Gasteiger partial charge in [-0.3, -0.25) is 4.90 Å². The molecular weight excluding hydrogens is 303 g/mol. The van der Waals surface area contributed by atoms with Gasteiger partial charge in [-0.05, 0) is 50.3 Å². The van der Waals surface area contributed by atoms with Gasteiger partial charge in [-0.2, -0.15) is 0 Å². The molecule has 0 spiro atoms. The van der Waals surface area contributed by atoms with Crippen LogP contribution in [0.4, 0.5) is 10.1 Å². The van der Waals surface area contributed by atoms with Crippen LogP contribution in [0.3, 0.4) is 0 Å². The van der Waals surface area contributed by atoms with E-state index in [0.29, 0.717) is 15.3 Å². The molecule has 0 atom stereocenters. The molecule has 1 N–H and O–H groups in total. The van der Waals surface area contributed by atoms with Crippen molar-refractivity contribution in [1.29, 1.82) is 0 Å². The van der Waals surface area contributed by atoms with E-state index >= 15 is 0 Å². The van der Waals surface area contributed by atoms with E-state index in [9.17, 15) is 4.39 Å². The van der Waals surface area contributed by atoms with Crippen LogP contribution in [0.25, 0.3) is 0 Å². The SMILES string of the molecule is CC1(C)C=CN(c2ccc(Br)cc2F)C(=S)N1. The van der Waals surface area contributed by atoms with Gasteiger partial charge in [-0.25, -0.2) is 4.39 Å². The van der Waals surface area contributed by atoms with Gasteiger partial charge in [0.2, 0.25) is 0 Å². The Bertz CT molecular complexity index is 499. The summed E-state index contributed by atoms with van der Waals surface area (Å²) in [6.45, 7) is 4.01. The van der Waals surface area contributed by atoms with Crippen molar-refractivity contribution in [2.45, 2.75) is 19.4 Å². The van der Waals surface area contributed by atoms with Gasteiger partial charge in [0.1, 0.15) is 5.82 Å². The first-order valence-corrected chi connectivity index (χ1v) is 6.35. The average Bonchev–Trinajstić information content (AvgIpc) is 2.18. The van der Waals surface area contributed by atoms with Crippen LogP contribution >= 0.6 is 28.1 Å². The zero-order chi connectivity index (χ0) is 12.6. The molecule has 1 aliphatic heterocycles. The number of rotatable bonds is 1. The molecule has 0 saturated heterocycles. The second-order valence-electron chi connectivity index (χ2n) is 4.43. The second kappa shape index (κ2) is 4.38. The van der Waals surface area contributed by atoms with Crippen molar-refractivity contribution in [2.75, 3.05) is 4.90 Å². The first-order chi connectivity index (χ1) is 7.89. The molecule has 0 aliphatic carbocycles. The molecule has 2 nitrogen and oxygen atoms in total. The molecule has 1 heterocycles. The fraction of sp³-hybridized carbons (Fsp3) is 0.250. The summed E-state index contributed by atoms with van der Waals surface area (Å²) in [5, 5.41) is 3.64. The highest BCUT2D eigenvalue weighted by molar-refractivity contribution is 9.10. The van der Waals surface area contributed by atoms with Crippen molar-refractivity contribution in [2.24, 2.45) is 0 Å². The van der Waals surface area contributed by atoms with Crippen LogP contribution in [0.2, 0.25) is 0 Å². The van der Waals surface area contributed by atoms with E-state index in [1.54, 1.807) is 23.2 Å². The molecule has 2 rings (SSSR count). The molecule has 0 radical (unpaired) electrons. The van der Waals surface area contributed by atoms with Gasteiger partial charge in [0.25, 0.3) is 0 Å². The lowest BCUT2D eigenvalue weighted by atomic mass is 10.0. The highest BCUT2D eigenvalue weighted by atomic mass is 79.9. The molecule has 90 valence electrons. The number of nitrogens with one attached hydrogen (secondary N) is 1. The highest BCUT2D eigenvalue weighted by Gasteiger charge is 2.25. The predicted octanol–water partition coefficient (Wildman–Crippen LogP) is 3.58. The lowest BCUT2D eigenvalue weighted by Gasteiger charge is -2.34. The van der Waals surface area contributed by atoms with Gasteiger partial charge < -0.3 is 5.32 Å². The maximum Gasteiger partial charge on any atom is 0.178 e. The molecule has 1 aromatic rings. The normalized spacial score (nSPS) is 18.1. The predicted molar refractivity (Wildman–Crippen MR) is 75.5 cm³/mol. The van der Waals surface area contributed by atoms with Crippen LogP contribution in [0, 0.1) is 5.82 Å². The molecule has 1 aromatic carbocycles. The van der Waals surface area contributed by atoms with E-state index in [-0.39, 0.29) is 11.4 Å². The molecule has 1 aliphatic rings. The summed E-state index contributed by atoms with van der Waals surface area (Å²) in [5.41, 5.74) is 0.247. The average molecular weight is 315 g/mol. The van der Waals surface area contributed by atoms with E-state index in [1.807, 2.05) is 19.9 Å². The van der Waals surface area contributed by atoms with Crippen LogP contribution in [-0.2, 0) is 0 Å². The Kier molecular flexibility index (Phi) is 3.23. The van der Waals surface area contributed by atoms with Gasteiger partial charge in [0.05, 0.1) is 11.2 Å². The zero-order valence-corrected chi connectivity index (χ0v) is 11.9. The molecule has 0 saturated carbocycles. The third kappa shape index (κ3) is 2.66. The topological polar surface area (TPSA) is 15.3 Å². The summed E-state index contributed by atoms with van der Waals surface area (Å²) < 4.78 is 14.5. The number of hydrogen-bond donors (Lipinski definition) is 1. The fourth-order valence-electron chi connectivity index (χ4n) is 1.57. The molecule has 0 bridgehead atoms. The summed E-state index contributed by atoms with van der Waals surface area (Å²) in [6, 6.07) is 4.90. The first-order valence-electron chi connectivity index (χ1n) is 5.15. The van der Waals surface area contributed by atoms with E-state index < -0.39 is 0 Å². The smallest absolute Gasteiger partial charge is 0.178 e. The zero-order valence-electron chi connectivity index (χ0n) is 9.50. The van der Waals surface area contributed by atoms with Crippen LogP contribution in [0.1, 0.15) is 13.8 Å². The maximum absolute atomic E-state index is 13.8. The van der Waals surface area contributed by atoms with Crippen molar-refractivity contribution >= 4 is 38.9 Å². The van der Waals surface area contributed by atoms with Gasteiger partial charge in [0, 0.05) is 10.7 Å². The number of halogens is 2. The van der Waals surface area contributed by atoms with Gasteiger partial charge in [0.15, 0.2) is 5.11 Å². The third-order valence-electron chi connectivity index (χ3n) is 2.46. The Morgan fingerprint density at radius 2 is 2.12 bits per heavy atom. The molecule has 17 heavy (non-hydrogen) atoms. The van der Waals surface area contributed by atoms with Gasteiger partial charge in [-0.15, -0.1) is 0 Å². The summed E-state index contributed by atoms with van der Waals surface area (Å²) in [4.78, 5) is 1.63. The Morgan fingerprint density at radius 3 is 2.71 bits per heavy atom. The molecule has 0 amide bonds. The Labute approximate surface area is 114 Å². The number of nitrogens with zero attached hydrogens (tertiary/aromatic N) is 1. The molecule has 0 unspecified atom stereocenters. The number of anilines is 1. The molecule has 0 aromatic heterocycles. The van der Waals surface area contributed by atoms with Crippen molar-refractivity contribution < 1.29 is 4.39 Å². The Balaban J connectivity index is 2.38. The van der Waals surface area contributed by atoms with E-state index in [2.05, 4.69) is 21.2 Å². The third-order valence-corrected chi connectivity index (χ3v) is 3.25. The fourth-order valence-corrected chi connectivity index (χ4v) is 2.33. The minimum atomic E-state index is -0.312. The first kappa shape index (κ1) is 12.5. The summed E-state index contributed by atoms with van der Waals surface area (Å²) in [5.74, 6) is -0.312. The monoisotopic (exact) mass is 314 g/mol. The molecule has 5 heteroatoms. The van der Waals surface area contributed by atoms with Crippen molar-refractivity contribution in [3.8, 4) is 0 Å². The number of hydrogen-bond acceptors (Lipinski definition) is 1. The number of thiocarbonyl (C=S) groups is 1. The Hall–Kier alpha value is -0.940. The van der Waals surface area contributed by atoms with E-state index in [4.69, 9.17) is 12.2 Å². The van der Waals surface area contributed by atoms with Crippen LogP contribution in [0.15, 0.2) is 34.9 Å². The van der Waals surface area contributed by atoms with Gasteiger partial charge in [-0.1, -0.05) is 15.9 Å². The van der Waals surface area contributed by atoms with Gasteiger partial charge >= 0.3 is 0 Å². The van der Waals surface area contributed by atoms with Crippen LogP contribution in [0.5, 0.6) is 0 Å². The van der Waals surface area contributed by atoms with Crippen molar-refractivity contribution in [3.63, 3.8) is 0 Å². The summed E-state index contributed by atoms with van der Waals surface area (Å²) in [6.07, 6.45) is 3.75. The summed E-state index contributed by atoms with van der Waals surface area (Å²) in [7, 11) is 0. The highest BCUT2D eigenvalue weighted by Crippen LogP contribution is 2.26. The van der Waals surface area contributed by atoms with Crippen molar-refractivity contribution in [1.82, 2.24) is 5.32 Å². The Morgan fingerprint density at radius 1 is 1.41 bits per heavy atom. The minimum Gasteiger partial charge on any atom is -0.354 e. The largest absolute Gasteiger partial charge is 0.354 e. The van der Waals surface area contributed by atoms with Crippen LogP contribution < -0.4 is 10.2 Å². The second-order valence-corrected chi connectivity index (χ2v) is 5.74. The standard InChI is InChI=1S/C12H12BrFN2S/c1-12(2)5-6-16(11(17)15-12)10-4-3-8(13)7-9(10)14/h3-7H,1-2H3,(H,15,17). The number of benzene rings is 1. The lowest BCUT2D eigenvalue weighted by molar-refractivity contribution is 0.564. The lowest BCUT2D eigenvalue weighted by Crippen LogP contribution is -2.51. The van der Waals surface area contributed by atoms with E-state index in [0.717, 1.165) is 0 Å². The molecule has 0 fully saturated rings.